The molecule has 2 unspecified atom stereocenters. The summed E-state index contributed by atoms with van der Waals surface area (Å²) >= 11 is 0. The molecule has 2 heterocycles. The van der Waals surface area contributed by atoms with Crippen LogP contribution in [0.5, 0.6) is 11.6 Å². The SMILES string of the molecule is COc1cnc(NC(=O)N2CCC(=Cc3cccc(OCC4CC=CCC4)c3)C(C)C2)cn1. The number of benzene rings is 1. The van der Waals surface area contributed by atoms with Crippen LogP contribution in [-0.2, 0) is 0 Å². The first-order chi connectivity index (χ1) is 16.1. The molecule has 174 valence electrons. The second-order valence-corrected chi connectivity index (χ2v) is 8.72. The van der Waals surface area contributed by atoms with Crippen LogP contribution in [0.2, 0.25) is 0 Å². The van der Waals surface area contributed by atoms with Crippen LogP contribution >= 0.6 is 0 Å². The van der Waals surface area contributed by atoms with Crippen molar-refractivity contribution in [1.29, 1.82) is 0 Å². The maximum absolute atomic E-state index is 12.7. The number of nitrogens with one attached hydrogen (secondary N) is 1. The highest BCUT2D eigenvalue weighted by atomic mass is 16.5. The standard InChI is InChI=1S/C26H32N4O3/c1-19-17-30(26(31)29-24-15-28-25(32-2)16-27-24)12-11-22(19)13-21-9-6-10-23(14-21)33-18-20-7-4-3-5-8-20/h3-4,6,9-10,13-16,19-20H,5,7-8,11-12,17-18H2,1-2H3,(H,27,29,31). The summed E-state index contributed by atoms with van der Waals surface area (Å²) in [5, 5.41) is 2.81. The third-order valence-electron chi connectivity index (χ3n) is 6.23. The largest absolute Gasteiger partial charge is 0.493 e. The van der Waals surface area contributed by atoms with Crippen molar-refractivity contribution < 1.29 is 14.3 Å². The van der Waals surface area contributed by atoms with Crippen LogP contribution in [0.3, 0.4) is 0 Å². The van der Waals surface area contributed by atoms with E-state index in [1.165, 1.54) is 31.5 Å². The molecule has 7 heteroatoms. The summed E-state index contributed by atoms with van der Waals surface area (Å²) < 4.78 is 11.1. The Morgan fingerprint density at radius 3 is 2.91 bits per heavy atom. The molecule has 1 aliphatic heterocycles. The summed E-state index contributed by atoms with van der Waals surface area (Å²) in [5.74, 6) is 2.62. The molecule has 7 nitrogen and oxygen atoms in total. The van der Waals surface area contributed by atoms with Gasteiger partial charge in [0.1, 0.15) is 5.75 Å². The van der Waals surface area contributed by atoms with Gasteiger partial charge in [-0.1, -0.05) is 42.9 Å². The number of rotatable bonds is 6. The first kappa shape index (κ1) is 22.8. The van der Waals surface area contributed by atoms with Gasteiger partial charge in [-0.2, -0.15) is 0 Å². The van der Waals surface area contributed by atoms with Gasteiger partial charge < -0.3 is 14.4 Å². The first-order valence-corrected chi connectivity index (χ1v) is 11.6. The molecule has 1 aromatic heterocycles. The van der Waals surface area contributed by atoms with E-state index in [2.05, 4.69) is 52.6 Å². The fourth-order valence-corrected chi connectivity index (χ4v) is 4.25. The molecule has 1 aromatic carbocycles. The highest BCUT2D eigenvalue weighted by Crippen LogP contribution is 2.27. The van der Waals surface area contributed by atoms with Crippen LogP contribution < -0.4 is 14.8 Å². The monoisotopic (exact) mass is 448 g/mol. The average molecular weight is 449 g/mol. The number of nitrogens with zero attached hydrogens (tertiary/aromatic N) is 3. The molecule has 4 rings (SSSR count). The number of anilines is 1. The average Bonchev–Trinajstić information content (AvgIpc) is 2.85. The quantitative estimate of drug-likeness (QED) is 0.617. The van der Waals surface area contributed by atoms with E-state index in [4.69, 9.17) is 9.47 Å². The maximum Gasteiger partial charge on any atom is 0.323 e. The van der Waals surface area contributed by atoms with Crippen molar-refractivity contribution in [2.24, 2.45) is 11.8 Å². The van der Waals surface area contributed by atoms with Gasteiger partial charge in [-0.3, -0.25) is 5.32 Å². The Kier molecular flexibility index (Phi) is 7.60. The Morgan fingerprint density at radius 2 is 2.18 bits per heavy atom. The highest BCUT2D eigenvalue weighted by Gasteiger charge is 2.24. The zero-order valence-electron chi connectivity index (χ0n) is 19.4. The van der Waals surface area contributed by atoms with Crippen LogP contribution in [0, 0.1) is 11.8 Å². The number of hydrogen-bond acceptors (Lipinski definition) is 5. The molecule has 2 aromatic rings. The van der Waals surface area contributed by atoms with E-state index in [-0.39, 0.29) is 11.9 Å². The van der Waals surface area contributed by atoms with Crippen LogP contribution in [0.1, 0.15) is 38.2 Å². The molecular formula is C26H32N4O3. The van der Waals surface area contributed by atoms with Crippen molar-refractivity contribution in [3.05, 3.63) is 59.9 Å². The van der Waals surface area contributed by atoms with Crippen LogP contribution in [0.25, 0.3) is 6.08 Å². The van der Waals surface area contributed by atoms with Crippen LogP contribution in [0.4, 0.5) is 10.6 Å². The van der Waals surface area contributed by atoms with Crippen molar-refractivity contribution in [1.82, 2.24) is 14.9 Å². The van der Waals surface area contributed by atoms with E-state index in [0.717, 1.165) is 37.2 Å². The highest BCUT2D eigenvalue weighted by molar-refractivity contribution is 5.88. The predicted molar refractivity (Wildman–Crippen MR) is 129 cm³/mol. The van der Waals surface area contributed by atoms with E-state index in [0.29, 0.717) is 30.7 Å². The summed E-state index contributed by atoms with van der Waals surface area (Å²) in [7, 11) is 1.53. The van der Waals surface area contributed by atoms with Crippen LogP contribution in [0.15, 0.2) is 54.4 Å². The molecular weight excluding hydrogens is 416 g/mol. The van der Waals surface area contributed by atoms with Crippen molar-refractivity contribution in [3.63, 3.8) is 0 Å². The van der Waals surface area contributed by atoms with Gasteiger partial charge in [-0.15, -0.1) is 0 Å². The third kappa shape index (κ3) is 6.34. The maximum atomic E-state index is 12.7. The predicted octanol–water partition coefficient (Wildman–Crippen LogP) is 5.18. The number of urea groups is 1. The number of piperidine rings is 1. The molecule has 0 saturated carbocycles. The number of hydrogen-bond donors (Lipinski definition) is 1. The van der Waals surface area contributed by atoms with Crippen molar-refractivity contribution in [2.45, 2.75) is 32.6 Å². The minimum absolute atomic E-state index is 0.159. The fourth-order valence-electron chi connectivity index (χ4n) is 4.25. The number of allylic oxidation sites excluding steroid dienone is 2. The number of aromatic nitrogens is 2. The smallest absolute Gasteiger partial charge is 0.323 e. The van der Waals surface area contributed by atoms with E-state index >= 15 is 0 Å². The lowest BCUT2D eigenvalue weighted by molar-refractivity contribution is 0.197. The molecule has 2 amide bonds. The van der Waals surface area contributed by atoms with Gasteiger partial charge in [0.2, 0.25) is 5.88 Å². The molecule has 0 radical (unpaired) electrons. The van der Waals surface area contributed by atoms with E-state index in [1.54, 1.807) is 0 Å². The van der Waals surface area contributed by atoms with Gasteiger partial charge in [0, 0.05) is 13.1 Å². The van der Waals surface area contributed by atoms with Gasteiger partial charge in [-0.25, -0.2) is 14.8 Å². The number of carbonyl (C=O) groups is 1. The fraction of sp³-hybridized carbons (Fsp3) is 0.423. The van der Waals surface area contributed by atoms with Crippen LogP contribution in [-0.4, -0.2) is 47.7 Å². The lowest BCUT2D eigenvalue weighted by atomic mass is 9.91. The molecule has 1 aliphatic carbocycles. The third-order valence-corrected chi connectivity index (χ3v) is 6.23. The summed E-state index contributed by atoms with van der Waals surface area (Å²) in [5.41, 5.74) is 2.49. The summed E-state index contributed by atoms with van der Waals surface area (Å²) in [6.07, 6.45) is 14.0. The Balaban J connectivity index is 1.31. The van der Waals surface area contributed by atoms with E-state index in [9.17, 15) is 4.79 Å². The van der Waals surface area contributed by atoms with Gasteiger partial charge in [-0.05, 0) is 55.2 Å². The Labute approximate surface area is 195 Å². The number of carbonyl (C=O) groups excluding carboxylic acids is 1. The summed E-state index contributed by atoms with van der Waals surface area (Å²) in [4.78, 5) is 22.7. The number of ether oxygens (including phenoxy) is 2. The van der Waals surface area contributed by atoms with Gasteiger partial charge in [0.05, 0.1) is 26.1 Å². The lowest BCUT2D eigenvalue weighted by Crippen LogP contribution is -2.42. The molecule has 0 bridgehead atoms. The molecule has 2 aliphatic rings. The Morgan fingerprint density at radius 1 is 1.27 bits per heavy atom. The van der Waals surface area contributed by atoms with Gasteiger partial charge in [0.15, 0.2) is 5.82 Å². The van der Waals surface area contributed by atoms with Gasteiger partial charge >= 0.3 is 6.03 Å². The number of methoxy groups -OCH3 is 1. The first-order valence-electron chi connectivity index (χ1n) is 11.6. The molecule has 1 fully saturated rings. The molecule has 1 saturated heterocycles. The van der Waals surface area contributed by atoms with E-state index in [1.807, 2.05) is 17.0 Å². The topological polar surface area (TPSA) is 76.6 Å². The minimum Gasteiger partial charge on any atom is -0.493 e. The van der Waals surface area contributed by atoms with Crippen molar-refractivity contribution >= 4 is 17.9 Å². The summed E-state index contributed by atoms with van der Waals surface area (Å²) in [6.45, 7) is 4.25. The minimum atomic E-state index is -0.159. The molecule has 2 atom stereocenters. The second kappa shape index (κ2) is 11.0. The molecule has 1 N–H and O–H groups in total. The second-order valence-electron chi connectivity index (χ2n) is 8.72. The van der Waals surface area contributed by atoms with E-state index < -0.39 is 0 Å². The zero-order valence-corrected chi connectivity index (χ0v) is 19.4. The van der Waals surface area contributed by atoms with Crippen molar-refractivity contribution in [3.8, 4) is 11.6 Å². The number of amides is 2. The Bertz CT molecular complexity index is 1000. The summed E-state index contributed by atoms with van der Waals surface area (Å²) in [6, 6.07) is 8.13. The number of likely N-dealkylation sites (tertiary alicyclic amines) is 1. The van der Waals surface area contributed by atoms with Crippen molar-refractivity contribution in [2.75, 3.05) is 32.1 Å². The molecule has 33 heavy (non-hydrogen) atoms. The normalized spacial score (nSPS) is 21.6. The molecule has 0 spiro atoms. The van der Waals surface area contributed by atoms with Gasteiger partial charge in [0.25, 0.3) is 0 Å². The zero-order chi connectivity index (χ0) is 23.0. The Hall–Kier alpha value is -3.35. The lowest BCUT2D eigenvalue weighted by Gasteiger charge is -2.33.